The molecule has 0 fully saturated rings. The van der Waals surface area contributed by atoms with Crippen LogP contribution < -0.4 is 21.9 Å². The van der Waals surface area contributed by atoms with Crippen LogP contribution in [0.15, 0.2) is 66.7 Å². The zero-order chi connectivity index (χ0) is 26.9. The summed E-state index contributed by atoms with van der Waals surface area (Å²) in [5.74, 6) is 0.493. The Morgan fingerprint density at radius 3 is 2.19 bits per heavy atom. The number of halogens is 2. The number of unbranched alkanes of at least 4 members (excludes halogenated alkanes) is 1. The van der Waals surface area contributed by atoms with Gasteiger partial charge < -0.3 is 32.2 Å². The molecule has 3 rings (SSSR count). The van der Waals surface area contributed by atoms with Crippen molar-refractivity contribution in [3.05, 3.63) is 87.9 Å². The highest BCUT2D eigenvalue weighted by atomic mass is 35.5. The second-order valence-electron chi connectivity index (χ2n) is 7.43. The molecule has 0 aliphatic heterocycles. The van der Waals surface area contributed by atoms with Gasteiger partial charge in [-0.2, -0.15) is 0 Å². The van der Waals surface area contributed by atoms with E-state index in [4.69, 9.17) is 55.4 Å². The third-order valence-electron chi connectivity index (χ3n) is 4.62. The van der Waals surface area contributed by atoms with Gasteiger partial charge in [-0.15, -0.1) is 0 Å². The number of para-hydroxylation sites is 1. The Balaban J connectivity index is 0.000000293. The summed E-state index contributed by atoms with van der Waals surface area (Å²) in [5.41, 5.74) is 17.1. The largest absolute Gasteiger partial charge is 0.508 e. The number of rotatable bonds is 9. The number of carboxylic acid groups (broad SMARTS) is 1. The van der Waals surface area contributed by atoms with Crippen molar-refractivity contribution in [1.82, 2.24) is 0 Å². The molecular formula is C26H31Cl2N3O5. The molecule has 0 aromatic heterocycles. The molecule has 194 valence electrons. The van der Waals surface area contributed by atoms with Crippen molar-refractivity contribution in [2.24, 2.45) is 17.2 Å². The molecule has 3 aromatic rings. The Morgan fingerprint density at radius 2 is 1.64 bits per heavy atom. The number of hydrogen-bond donors (Lipinski definition) is 5. The molecule has 36 heavy (non-hydrogen) atoms. The maximum absolute atomic E-state index is 10.6. The molecule has 0 amide bonds. The fourth-order valence-electron chi connectivity index (χ4n) is 2.64. The fraction of sp³-hybridized carbons (Fsp3) is 0.231. The third-order valence-corrected chi connectivity index (χ3v) is 5.36. The first kappa shape index (κ1) is 30.9. The fourth-order valence-corrected chi connectivity index (χ4v) is 2.93. The van der Waals surface area contributed by atoms with Gasteiger partial charge in [0.15, 0.2) is 0 Å². The summed E-state index contributed by atoms with van der Waals surface area (Å²) in [4.78, 5) is 20.8. The summed E-state index contributed by atoms with van der Waals surface area (Å²) in [5, 5.41) is 18.3. The van der Waals surface area contributed by atoms with Gasteiger partial charge in [0.25, 0.3) is 0 Å². The number of phenols is 1. The molecule has 0 spiro atoms. The van der Waals surface area contributed by atoms with Crippen LogP contribution in [0.5, 0.6) is 17.2 Å². The van der Waals surface area contributed by atoms with Crippen molar-refractivity contribution in [3.63, 3.8) is 0 Å². The van der Waals surface area contributed by atoms with Crippen LogP contribution in [0.2, 0.25) is 10.0 Å². The Hall–Kier alpha value is -3.14. The average Bonchev–Trinajstić information content (AvgIpc) is 2.87. The molecule has 3 aromatic carbocycles. The van der Waals surface area contributed by atoms with Crippen LogP contribution in [0, 0.1) is 0 Å². The van der Waals surface area contributed by atoms with Gasteiger partial charge >= 0.3 is 5.97 Å². The van der Waals surface area contributed by atoms with E-state index in [0.29, 0.717) is 46.6 Å². The van der Waals surface area contributed by atoms with Crippen LogP contribution in [0.1, 0.15) is 35.2 Å². The quantitative estimate of drug-likeness (QED) is 0.189. The number of phenolic OH excluding ortho intramolecular Hbond substituents is 1. The molecule has 0 heterocycles. The highest BCUT2D eigenvalue weighted by Crippen LogP contribution is 2.29. The van der Waals surface area contributed by atoms with E-state index in [-0.39, 0.29) is 5.75 Å². The van der Waals surface area contributed by atoms with E-state index < -0.39 is 12.0 Å². The van der Waals surface area contributed by atoms with Gasteiger partial charge in [-0.1, -0.05) is 60.0 Å². The summed E-state index contributed by atoms with van der Waals surface area (Å²) in [6.45, 7) is 0.999. The Labute approximate surface area is 220 Å². The van der Waals surface area contributed by atoms with E-state index in [0.717, 1.165) is 24.7 Å². The minimum absolute atomic E-state index is 0.278. The first-order valence-electron chi connectivity index (χ1n) is 11.0. The summed E-state index contributed by atoms with van der Waals surface area (Å²) in [6, 6.07) is 18.2. The lowest BCUT2D eigenvalue weighted by Crippen LogP contribution is -2.29. The van der Waals surface area contributed by atoms with E-state index >= 15 is 0 Å². The molecule has 0 aliphatic rings. The smallest absolute Gasteiger partial charge is 0.320 e. The lowest BCUT2D eigenvalue weighted by molar-refractivity contribution is -0.138. The molecule has 0 aliphatic carbocycles. The average molecular weight is 536 g/mol. The second-order valence-corrected chi connectivity index (χ2v) is 8.24. The number of carbonyl (C=O) groups excluding carboxylic acids is 1. The van der Waals surface area contributed by atoms with E-state index in [1.807, 2.05) is 6.07 Å². The standard InChI is InChI=1S/C13H8Cl2O2.C7H9NO.C6H14N2O2/c14-12-5-4-11(7-13(12)15)17-10-3-1-2-9(6-10)8-16;8-5-6-3-1-2-4-7(6)9;7-4-2-1-3-5(8)6(9)10/h1-8H;1-4,9H,5,8H2;5H,1-4,7-8H2,(H,9,10)/t;;5-/m..0/s1. The minimum atomic E-state index is -0.933. The van der Waals surface area contributed by atoms with Crippen LogP contribution in [0.25, 0.3) is 0 Å². The van der Waals surface area contributed by atoms with Gasteiger partial charge in [-0.05, 0) is 49.7 Å². The molecular weight excluding hydrogens is 505 g/mol. The molecule has 0 unspecified atom stereocenters. The third kappa shape index (κ3) is 12.0. The number of carbonyl (C=O) groups is 2. The summed E-state index contributed by atoms with van der Waals surface area (Å²) < 4.78 is 5.55. The van der Waals surface area contributed by atoms with E-state index in [9.17, 15) is 9.59 Å². The van der Waals surface area contributed by atoms with Crippen molar-refractivity contribution < 1.29 is 24.5 Å². The van der Waals surface area contributed by atoms with Crippen LogP contribution in [-0.2, 0) is 11.3 Å². The maximum atomic E-state index is 10.6. The zero-order valence-corrected chi connectivity index (χ0v) is 21.2. The monoisotopic (exact) mass is 535 g/mol. The number of benzene rings is 3. The van der Waals surface area contributed by atoms with Crippen molar-refractivity contribution in [3.8, 4) is 17.2 Å². The molecule has 0 bridgehead atoms. The predicted molar refractivity (Wildman–Crippen MR) is 143 cm³/mol. The molecule has 8 N–H and O–H groups in total. The van der Waals surface area contributed by atoms with Crippen LogP contribution in [0.3, 0.4) is 0 Å². The zero-order valence-electron chi connectivity index (χ0n) is 19.6. The molecule has 10 heteroatoms. The lowest BCUT2D eigenvalue weighted by Gasteiger charge is -2.06. The van der Waals surface area contributed by atoms with Gasteiger partial charge in [0.05, 0.1) is 10.0 Å². The van der Waals surface area contributed by atoms with Crippen LogP contribution >= 0.6 is 23.2 Å². The number of ether oxygens (including phenoxy) is 1. The van der Waals surface area contributed by atoms with Gasteiger partial charge in [-0.3, -0.25) is 9.59 Å². The Bertz CT molecular complexity index is 1100. The molecule has 1 atom stereocenters. The Morgan fingerprint density at radius 1 is 0.944 bits per heavy atom. The summed E-state index contributed by atoms with van der Waals surface area (Å²) in [6.07, 6.45) is 2.93. The highest BCUT2D eigenvalue weighted by Gasteiger charge is 2.09. The van der Waals surface area contributed by atoms with Crippen molar-refractivity contribution in [1.29, 1.82) is 0 Å². The predicted octanol–water partition coefficient (Wildman–Crippen LogP) is 4.98. The number of aliphatic carboxylic acids is 1. The summed E-state index contributed by atoms with van der Waals surface area (Å²) in [7, 11) is 0. The number of aldehydes is 1. The maximum Gasteiger partial charge on any atom is 0.320 e. The molecule has 0 saturated heterocycles. The first-order valence-corrected chi connectivity index (χ1v) is 11.8. The van der Waals surface area contributed by atoms with E-state index in [1.54, 1.807) is 60.7 Å². The summed E-state index contributed by atoms with van der Waals surface area (Å²) >= 11 is 11.7. The van der Waals surface area contributed by atoms with Crippen LogP contribution in [0.4, 0.5) is 0 Å². The number of nitrogens with two attached hydrogens (primary N) is 3. The van der Waals surface area contributed by atoms with E-state index in [2.05, 4.69) is 0 Å². The SMILES string of the molecule is NCCCC[C@H](N)C(=O)O.NCc1ccccc1O.O=Cc1cccc(Oc2ccc(Cl)c(Cl)c2)c1. The van der Waals surface area contributed by atoms with Crippen molar-refractivity contribution in [2.45, 2.75) is 31.8 Å². The normalized spacial score (nSPS) is 10.7. The molecule has 8 nitrogen and oxygen atoms in total. The topological polar surface area (TPSA) is 162 Å². The van der Waals surface area contributed by atoms with Gasteiger partial charge in [0.2, 0.25) is 0 Å². The minimum Gasteiger partial charge on any atom is -0.508 e. The lowest BCUT2D eigenvalue weighted by atomic mass is 10.1. The number of hydrogen-bond acceptors (Lipinski definition) is 7. The van der Waals surface area contributed by atoms with Crippen LogP contribution in [-0.4, -0.2) is 35.1 Å². The Kier molecular flexibility index (Phi) is 14.9. The second kappa shape index (κ2) is 17.3. The van der Waals surface area contributed by atoms with Gasteiger partial charge in [0, 0.05) is 23.7 Å². The van der Waals surface area contributed by atoms with Crippen molar-refractivity contribution in [2.75, 3.05) is 6.54 Å². The number of aromatic hydroxyl groups is 1. The number of carboxylic acids is 1. The van der Waals surface area contributed by atoms with E-state index in [1.165, 1.54) is 0 Å². The van der Waals surface area contributed by atoms with Crippen molar-refractivity contribution >= 4 is 35.5 Å². The first-order chi connectivity index (χ1) is 17.2. The highest BCUT2D eigenvalue weighted by molar-refractivity contribution is 6.42. The molecule has 0 radical (unpaired) electrons. The van der Waals surface area contributed by atoms with Gasteiger partial charge in [0.1, 0.15) is 29.6 Å². The van der Waals surface area contributed by atoms with Gasteiger partial charge in [-0.25, -0.2) is 0 Å². The molecule has 0 saturated carbocycles.